The molecular formula is C24H27N5O. The van der Waals surface area contributed by atoms with Crippen molar-refractivity contribution in [3.8, 4) is 11.3 Å². The minimum Gasteiger partial charge on any atom is -0.352 e. The fourth-order valence-corrected chi connectivity index (χ4v) is 3.61. The van der Waals surface area contributed by atoms with E-state index in [1.807, 2.05) is 48.2 Å². The first kappa shape index (κ1) is 19.9. The van der Waals surface area contributed by atoms with E-state index < -0.39 is 0 Å². The maximum Gasteiger partial charge on any atom is 0.321 e. The highest BCUT2D eigenvalue weighted by Gasteiger charge is 2.22. The van der Waals surface area contributed by atoms with Crippen LogP contribution in [0.25, 0.3) is 11.3 Å². The van der Waals surface area contributed by atoms with Gasteiger partial charge in [0.15, 0.2) is 5.82 Å². The van der Waals surface area contributed by atoms with E-state index in [4.69, 9.17) is 0 Å². The zero-order valence-corrected chi connectivity index (χ0v) is 17.7. The van der Waals surface area contributed by atoms with E-state index >= 15 is 0 Å². The molecule has 0 bridgehead atoms. The van der Waals surface area contributed by atoms with Crippen molar-refractivity contribution in [1.82, 2.24) is 15.1 Å². The van der Waals surface area contributed by atoms with Gasteiger partial charge in [0, 0.05) is 37.4 Å². The van der Waals surface area contributed by atoms with E-state index in [1.165, 1.54) is 11.1 Å². The maximum absolute atomic E-state index is 12.5. The molecule has 0 aliphatic carbocycles. The standard InChI is InChI=1S/C24H27N5O/c1-17-5-4-6-21(15-17)25-24(30)29-13-11-28(12-14-29)23-10-9-22(26-27-23)20-8-7-18(2)19(3)16-20/h4-10,15-16H,11-14H2,1-3H3,(H,25,30). The summed E-state index contributed by atoms with van der Waals surface area (Å²) in [6.45, 7) is 9.00. The first-order chi connectivity index (χ1) is 14.5. The van der Waals surface area contributed by atoms with E-state index in [2.05, 4.69) is 52.5 Å². The molecule has 2 heterocycles. The lowest BCUT2D eigenvalue weighted by molar-refractivity contribution is 0.208. The number of amides is 2. The lowest BCUT2D eigenvalue weighted by atomic mass is 10.0. The van der Waals surface area contributed by atoms with Crippen LogP contribution in [-0.4, -0.2) is 47.3 Å². The van der Waals surface area contributed by atoms with E-state index in [0.29, 0.717) is 13.1 Å². The van der Waals surface area contributed by atoms with Gasteiger partial charge >= 0.3 is 6.03 Å². The molecule has 3 aromatic rings. The van der Waals surface area contributed by atoms with E-state index in [1.54, 1.807) is 0 Å². The summed E-state index contributed by atoms with van der Waals surface area (Å²) in [4.78, 5) is 16.6. The minimum atomic E-state index is -0.0589. The van der Waals surface area contributed by atoms with Gasteiger partial charge in [0.2, 0.25) is 0 Å². The number of nitrogens with one attached hydrogen (secondary N) is 1. The van der Waals surface area contributed by atoms with Gasteiger partial charge in [-0.2, -0.15) is 0 Å². The Kier molecular flexibility index (Phi) is 5.65. The van der Waals surface area contributed by atoms with Crippen LogP contribution in [0.3, 0.4) is 0 Å². The summed E-state index contributed by atoms with van der Waals surface area (Å²) in [7, 11) is 0. The van der Waals surface area contributed by atoms with Crippen LogP contribution in [0.4, 0.5) is 16.3 Å². The van der Waals surface area contributed by atoms with Gasteiger partial charge in [0.1, 0.15) is 0 Å². The molecule has 1 aliphatic heterocycles. The molecule has 4 rings (SSSR count). The van der Waals surface area contributed by atoms with Gasteiger partial charge in [-0.15, -0.1) is 10.2 Å². The van der Waals surface area contributed by atoms with Crippen molar-refractivity contribution >= 4 is 17.5 Å². The zero-order chi connectivity index (χ0) is 21.1. The molecule has 1 fully saturated rings. The third-order valence-electron chi connectivity index (χ3n) is 5.61. The summed E-state index contributed by atoms with van der Waals surface area (Å²) in [6.07, 6.45) is 0. The van der Waals surface area contributed by atoms with Crippen molar-refractivity contribution in [3.05, 3.63) is 71.3 Å². The van der Waals surface area contributed by atoms with Crippen LogP contribution in [0, 0.1) is 20.8 Å². The number of carbonyl (C=O) groups is 1. The molecule has 1 aliphatic rings. The van der Waals surface area contributed by atoms with Crippen molar-refractivity contribution in [2.24, 2.45) is 0 Å². The maximum atomic E-state index is 12.5. The number of hydrogen-bond acceptors (Lipinski definition) is 4. The Morgan fingerprint density at radius 2 is 1.67 bits per heavy atom. The first-order valence-electron chi connectivity index (χ1n) is 10.3. The second-order valence-corrected chi connectivity index (χ2v) is 7.85. The number of anilines is 2. The molecule has 2 aromatic carbocycles. The number of aryl methyl sites for hydroxylation is 3. The zero-order valence-electron chi connectivity index (χ0n) is 17.7. The van der Waals surface area contributed by atoms with Crippen molar-refractivity contribution < 1.29 is 4.79 Å². The largest absolute Gasteiger partial charge is 0.352 e. The monoisotopic (exact) mass is 401 g/mol. The number of aromatic nitrogens is 2. The number of urea groups is 1. The second kappa shape index (κ2) is 8.53. The first-order valence-corrected chi connectivity index (χ1v) is 10.3. The van der Waals surface area contributed by atoms with E-state index in [-0.39, 0.29) is 6.03 Å². The van der Waals surface area contributed by atoms with Gasteiger partial charge in [-0.25, -0.2) is 4.79 Å². The van der Waals surface area contributed by atoms with Crippen molar-refractivity contribution in [2.75, 3.05) is 36.4 Å². The molecule has 2 amide bonds. The molecule has 6 nitrogen and oxygen atoms in total. The minimum absolute atomic E-state index is 0.0589. The van der Waals surface area contributed by atoms with Crippen molar-refractivity contribution in [3.63, 3.8) is 0 Å². The number of nitrogens with zero attached hydrogens (tertiary/aromatic N) is 4. The summed E-state index contributed by atoms with van der Waals surface area (Å²) in [5.41, 5.74) is 6.43. The third kappa shape index (κ3) is 4.43. The Balaban J connectivity index is 1.35. The van der Waals surface area contributed by atoms with Crippen LogP contribution in [0.5, 0.6) is 0 Å². The molecule has 1 aromatic heterocycles. The highest BCUT2D eigenvalue weighted by Crippen LogP contribution is 2.22. The van der Waals surface area contributed by atoms with Crippen LogP contribution >= 0.6 is 0 Å². The SMILES string of the molecule is Cc1cccc(NC(=O)N2CCN(c3ccc(-c4ccc(C)c(C)c4)nn3)CC2)c1. The quantitative estimate of drug-likeness (QED) is 0.706. The van der Waals surface area contributed by atoms with Gasteiger partial charge in [-0.1, -0.05) is 24.3 Å². The number of piperazine rings is 1. The smallest absolute Gasteiger partial charge is 0.321 e. The van der Waals surface area contributed by atoms with Crippen LogP contribution in [0.1, 0.15) is 16.7 Å². The number of benzene rings is 2. The van der Waals surface area contributed by atoms with Crippen molar-refractivity contribution in [2.45, 2.75) is 20.8 Å². The molecule has 0 radical (unpaired) electrons. The van der Waals surface area contributed by atoms with Crippen molar-refractivity contribution in [1.29, 1.82) is 0 Å². The van der Waals surface area contributed by atoms with E-state index in [0.717, 1.165) is 41.4 Å². The average molecular weight is 402 g/mol. The van der Waals surface area contributed by atoms with Gasteiger partial charge in [0.25, 0.3) is 0 Å². The lowest BCUT2D eigenvalue weighted by Crippen LogP contribution is -2.50. The van der Waals surface area contributed by atoms with Crippen LogP contribution in [0.2, 0.25) is 0 Å². The summed E-state index contributed by atoms with van der Waals surface area (Å²) in [6, 6.07) is 18.2. The summed E-state index contributed by atoms with van der Waals surface area (Å²) >= 11 is 0. The Labute approximate surface area is 177 Å². The molecule has 154 valence electrons. The molecule has 6 heteroatoms. The lowest BCUT2D eigenvalue weighted by Gasteiger charge is -2.35. The number of carbonyl (C=O) groups excluding carboxylic acids is 1. The molecule has 0 atom stereocenters. The fraction of sp³-hybridized carbons (Fsp3) is 0.292. The third-order valence-corrected chi connectivity index (χ3v) is 5.61. The number of hydrogen-bond donors (Lipinski definition) is 1. The molecule has 0 unspecified atom stereocenters. The molecule has 1 saturated heterocycles. The topological polar surface area (TPSA) is 61.4 Å². The predicted molar refractivity (Wildman–Crippen MR) is 121 cm³/mol. The Morgan fingerprint density at radius 3 is 2.33 bits per heavy atom. The Hall–Kier alpha value is -3.41. The van der Waals surface area contributed by atoms with Crippen LogP contribution in [-0.2, 0) is 0 Å². The predicted octanol–water partition coefficient (Wildman–Crippen LogP) is 4.42. The molecular weight excluding hydrogens is 374 g/mol. The van der Waals surface area contributed by atoms with Gasteiger partial charge < -0.3 is 15.1 Å². The van der Waals surface area contributed by atoms with Crippen LogP contribution in [0.15, 0.2) is 54.6 Å². The second-order valence-electron chi connectivity index (χ2n) is 7.85. The fourth-order valence-electron chi connectivity index (χ4n) is 3.61. The number of rotatable bonds is 3. The molecule has 0 saturated carbocycles. The van der Waals surface area contributed by atoms with Gasteiger partial charge in [-0.05, 0) is 67.8 Å². The normalized spacial score (nSPS) is 14.0. The molecule has 1 N–H and O–H groups in total. The van der Waals surface area contributed by atoms with Gasteiger partial charge in [0.05, 0.1) is 5.69 Å². The summed E-state index contributed by atoms with van der Waals surface area (Å²) < 4.78 is 0. The summed E-state index contributed by atoms with van der Waals surface area (Å²) in [5.74, 6) is 0.848. The highest BCUT2D eigenvalue weighted by molar-refractivity contribution is 5.89. The van der Waals surface area contributed by atoms with E-state index in [9.17, 15) is 4.79 Å². The van der Waals surface area contributed by atoms with Crippen LogP contribution < -0.4 is 10.2 Å². The average Bonchev–Trinajstić information content (AvgIpc) is 2.76. The molecule has 30 heavy (non-hydrogen) atoms. The molecule has 0 spiro atoms. The highest BCUT2D eigenvalue weighted by atomic mass is 16.2. The summed E-state index contributed by atoms with van der Waals surface area (Å²) in [5, 5.41) is 11.8. The van der Waals surface area contributed by atoms with Gasteiger partial charge in [-0.3, -0.25) is 0 Å². The Bertz CT molecular complexity index is 1040. The Morgan fingerprint density at radius 1 is 0.867 bits per heavy atom.